The zero-order chi connectivity index (χ0) is 17.9. The fourth-order valence-electron chi connectivity index (χ4n) is 4.04. The number of hydrogen-bond donors (Lipinski definition) is 0. The molecule has 132 valence electrons. The highest BCUT2D eigenvalue weighted by molar-refractivity contribution is 6.69. The maximum absolute atomic E-state index is 9.22. The van der Waals surface area contributed by atoms with E-state index in [-0.39, 0.29) is 6.10 Å². The van der Waals surface area contributed by atoms with Crippen LogP contribution in [0.4, 0.5) is 0 Å². The van der Waals surface area contributed by atoms with E-state index >= 15 is 0 Å². The van der Waals surface area contributed by atoms with Gasteiger partial charge in [0.25, 0.3) is 0 Å². The number of aromatic nitrogens is 1. The topological polar surface area (TPSA) is 45.9 Å². The van der Waals surface area contributed by atoms with E-state index in [0.29, 0.717) is 23.4 Å². The summed E-state index contributed by atoms with van der Waals surface area (Å²) in [5, 5.41) is 9.22. The van der Waals surface area contributed by atoms with Gasteiger partial charge in [0.2, 0.25) is 0 Å². The van der Waals surface area contributed by atoms with Gasteiger partial charge in [0.1, 0.15) is 11.8 Å². The first-order valence-electron chi connectivity index (χ1n) is 9.26. The molecule has 0 bridgehead atoms. The molecule has 0 unspecified atom stereocenters. The van der Waals surface area contributed by atoms with Crippen LogP contribution < -0.4 is 0 Å². The van der Waals surface area contributed by atoms with Crippen molar-refractivity contribution >= 4 is 8.32 Å². The first-order valence-corrected chi connectivity index (χ1v) is 12.7. The Morgan fingerprint density at radius 1 is 1.21 bits per heavy atom. The van der Waals surface area contributed by atoms with Crippen LogP contribution in [0.2, 0.25) is 19.6 Å². The summed E-state index contributed by atoms with van der Waals surface area (Å²) in [6, 6.07) is 7.94. The smallest absolute Gasteiger partial charge is 0.184 e. The van der Waals surface area contributed by atoms with E-state index in [1.54, 1.807) is 6.07 Å². The van der Waals surface area contributed by atoms with Gasteiger partial charge in [-0.15, -0.1) is 0 Å². The average Bonchev–Trinajstić information content (AvgIpc) is 2.51. The van der Waals surface area contributed by atoms with Crippen LogP contribution in [-0.2, 0) is 4.43 Å². The van der Waals surface area contributed by atoms with Gasteiger partial charge in [-0.1, -0.05) is 33.3 Å². The van der Waals surface area contributed by atoms with Gasteiger partial charge in [-0.3, -0.25) is 0 Å². The third kappa shape index (κ3) is 4.91. The highest BCUT2D eigenvalue weighted by atomic mass is 28.4. The lowest BCUT2D eigenvalue weighted by Gasteiger charge is -2.43. The molecule has 1 aliphatic carbocycles. The summed E-state index contributed by atoms with van der Waals surface area (Å²) in [7, 11) is -1.72. The quantitative estimate of drug-likeness (QED) is 0.657. The largest absolute Gasteiger partial charge is 0.409 e. The number of pyridine rings is 1. The number of nitriles is 1. The Hall–Kier alpha value is -1.18. The highest BCUT2D eigenvalue weighted by Crippen LogP contribution is 2.46. The van der Waals surface area contributed by atoms with Crippen molar-refractivity contribution in [3.63, 3.8) is 0 Å². The van der Waals surface area contributed by atoms with Crippen LogP contribution in [0.15, 0.2) is 18.2 Å². The van der Waals surface area contributed by atoms with E-state index in [9.17, 15) is 5.26 Å². The van der Waals surface area contributed by atoms with Crippen LogP contribution in [0, 0.1) is 35.0 Å². The van der Waals surface area contributed by atoms with Crippen molar-refractivity contribution < 1.29 is 4.43 Å². The molecule has 1 aromatic heterocycles. The maximum atomic E-state index is 9.22. The van der Waals surface area contributed by atoms with Crippen molar-refractivity contribution in [2.75, 3.05) is 0 Å². The van der Waals surface area contributed by atoms with Crippen LogP contribution in [-0.4, -0.2) is 13.3 Å². The normalized spacial score (nSPS) is 26.2. The fourth-order valence-corrected chi connectivity index (χ4v) is 5.10. The van der Waals surface area contributed by atoms with Crippen molar-refractivity contribution in [1.82, 2.24) is 4.98 Å². The van der Waals surface area contributed by atoms with Gasteiger partial charge in [-0.2, -0.15) is 5.26 Å². The van der Waals surface area contributed by atoms with E-state index in [2.05, 4.69) is 51.5 Å². The van der Waals surface area contributed by atoms with Crippen molar-refractivity contribution in [1.29, 1.82) is 5.26 Å². The molecule has 1 fully saturated rings. The van der Waals surface area contributed by atoms with Crippen LogP contribution in [0.3, 0.4) is 0 Å². The lowest BCUT2D eigenvalue weighted by Crippen LogP contribution is -2.38. The van der Waals surface area contributed by atoms with E-state index in [1.807, 2.05) is 12.1 Å². The van der Waals surface area contributed by atoms with Crippen LogP contribution in [0.5, 0.6) is 0 Å². The second-order valence-electron chi connectivity index (χ2n) is 8.70. The Labute approximate surface area is 148 Å². The number of nitrogens with zero attached hydrogens (tertiary/aromatic N) is 2. The molecule has 1 aromatic rings. The monoisotopic (exact) mass is 344 g/mol. The molecule has 24 heavy (non-hydrogen) atoms. The Morgan fingerprint density at radius 3 is 2.50 bits per heavy atom. The van der Waals surface area contributed by atoms with E-state index < -0.39 is 8.32 Å². The third-order valence-corrected chi connectivity index (χ3v) is 6.08. The minimum absolute atomic E-state index is 0.0140. The third-order valence-electron chi connectivity index (χ3n) is 5.12. The lowest BCUT2D eigenvalue weighted by molar-refractivity contribution is 0.0233. The van der Waals surface area contributed by atoms with Gasteiger partial charge in [-0.05, 0) is 68.3 Å². The minimum Gasteiger partial charge on any atom is -0.409 e. The van der Waals surface area contributed by atoms with Crippen molar-refractivity contribution in [2.24, 2.45) is 23.7 Å². The summed E-state index contributed by atoms with van der Waals surface area (Å²) >= 11 is 0. The zero-order valence-electron chi connectivity index (χ0n) is 16.0. The predicted molar refractivity (Wildman–Crippen MR) is 101 cm³/mol. The summed E-state index contributed by atoms with van der Waals surface area (Å²) in [4.78, 5) is 4.61. The molecule has 2 rings (SSSR count). The van der Waals surface area contributed by atoms with Gasteiger partial charge in [-0.25, -0.2) is 4.98 Å². The Morgan fingerprint density at radius 2 is 1.92 bits per heavy atom. The Kier molecular flexibility index (Phi) is 6.22. The van der Waals surface area contributed by atoms with Gasteiger partial charge >= 0.3 is 0 Å². The molecule has 0 radical (unpaired) electrons. The van der Waals surface area contributed by atoms with E-state index in [0.717, 1.165) is 11.6 Å². The summed E-state index contributed by atoms with van der Waals surface area (Å²) in [6.07, 6.45) is 3.79. The SMILES string of the molecule is CC(C)[C@@H]1CC[C@@H](C)C[C@@H]1[C@@H](O[Si](C)(C)C)c1cccc(C#N)n1. The van der Waals surface area contributed by atoms with Gasteiger partial charge in [0, 0.05) is 0 Å². The molecule has 1 saturated carbocycles. The molecule has 4 heteroatoms. The number of rotatable bonds is 5. The molecule has 0 N–H and O–H groups in total. The first-order chi connectivity index (χ1) is 11.2. The average molecular weight is 345 g/mol. The summed E-state index contributed by atoms with van der Waals surface area (Å²) in [5.41, 5.74) is 1.43. The molecular formula is C20H32N2OSi. The maximum Gasteiger partial charge on any atom is 0.184 e. The van der Waals surface area contributed by atoms with E-state index in [4.69, 9.17) is 4.43 Å². The minimum atomic E-state index is -1.72. The van der Waals surface area contributed by atoms with Crippen LogP contribution >= 0.6 is 0 Å². The second kappa shape index (κ2) is 7.80. The molecule has 0 saturated heterocycles. The van der Waals surface area contributed by atoms with Crippen molar-refractivity contribution in [3.8, 4) is 6.07 Å². The van der Waals surface area contributed by atoms with Crippen molar-refractivity contribution in [3.05, 3.63) is 29.6 Å². The molecule has 3 nitrogen and oxygen atoms in total. The van der Waals surface area contributed by atoms with Crippen LogP contribution in [0.25, 0.3) is 0 Å². The summed E-state index contributed by atoms with van der Waals surface area (Å²) < 4.78 is 6.66. The predicted octanol–water partition coefficient (Wildman–Crippen LogP) is 5.55. The molecule has 1 heterocycles. The molecule has 4 atom stereocenters. The first kappa shape index (κ1) is 19.1. The molecule has 0 aliphatic heterocycles. The highest BCUT2D eigenvalue weighted by Gasteiger charge is 2.39. The van der Waals surface area contributed by atoms with Crippen molar-refractivity contribution in [2.45, 2.75) is 65.8 Å². The van der Waals surface area contributed by atoms with Gasteiger partial charge in [0.05, 0.1) is 11.8 Å². The standard InChI is InChI=1S/C20H32N2OSi/c1-14(2)17-11-10-15(3)12-18(17)20(23-24(4,5)6)19-9-7-8-16(13-21)22-19/h7-9,14-15,17-18,20H,10-12H2,1-6H3/t15-,17+,18+,20-/m1/s1. The molecular weight excluding hydrogens is 312 g/mol. The zero-order valence-corrected chi connectivity index (χ0v) is 17.0. The molecule has 0 aromatic carbocycles. The fraction of sp³-hybridized carbons (Fsp3) is 0.700. The lowest BCUT2D eigenvalue weighted by atomic mass is 9.67. The molecule has 0 spiro atoms. The Balaban J connectivity index is 2.41. The number of hydrogen-bond acceptors (Lipinski definition) is 3. The summed E-state index contributed by atoms with van der Waals surface area (Å²) in [5.74, 6) is 2.53. The molecule has 1 aliphatic rings. The Bertz CT molecular complexity index is 588. The van der Waals surface area contributed by atoms with E-state index in [1.165, 1.54) is 19.3 Å². The van der Waals surface area contributed by atoms with Gasteiger partial charge < -0.3 is 4.43 Å². The summed E-state index contributed by atoms with van der Waals surface area (Å²) in [6.45, 7) is 13.7. The second-order valence-corrected chi connectivity index (χ2v) is 13.2. The van der Waals surface area contributed by atoms with Crippen LogP contribution in [0.1, 0.15) is 57.5 Å². The van der Waals surface area contributed by atoms with Gasteiger partial charge in [0.15, 0.2) is 8.32 Å². The molecule has 0 amide bonds.